The fourth-order valence-corrected chi connectivity index (χ4v) is 3.03. The number of halogens is 2. The number of carbonyl (C=O) groups excluding carboxylic acids is 1. The van der Waals surface area contributed by atoms with Crippen LogP contribution in [0.3, 0.4) is 0 Å². The van der Waals surface area contributed by atoms with E-state index in [1.807, 2.05) is 0 Å². The number of ketones is 1. The van der Waals surface area contributed by atoms with Gasteiger partial charge in [0.05, 0.1) is 5.25 Å². The van der Waals surface area contributed by atoms with Crippen LogP contribution in [0.25, 0.3) is 0 Å². The van der Waals surface area contributed by atoms with E-state index in [-0.39, 0.29) is 22.6 Å². The van der Waals surface area contributed by atoms with E-state index in [2.05, 4.69) is 10.2 Å². The van der Waals surface area contributed by atoms with Gasteiger partial charge in [0.15, 0.2) is 23.5 Å². The Morgan fingerprint density at radius 2 is 1.78 bits per heavy atom. The van der Waals surface area contributed by atoms with Crippen molar-refractivity contribution in [1.82, 2.24) is 10.2 Å². The maximum absolute atomic E-state index is 13.7. The molecule has 140 valence electrons. The molecule has 0 aliphatic rings. The first-order valence-corrected chi connectivity index (χ1v) is 9.03. The molecule has 0 aliphatic heterocycles. The Bertz CT molecular complexity index is 931. The number of ether oxygens (including phenoxy) is 1. The van der Waals surface area contributed by atoms with Crippen LogP contribution < -0.4 is 4.74 Å². The maximum Gasteiger partial charge on any atom is 0.277 e. The number of thioether (sulfide) groups is 1. The third-order valence-corrected chi connectivity index (χ3v) is 4.62. The molecule has 0 spiro atoms. The smallest absolute Gasteiger partial charge is 0.277 e. The first-order valence-electron chi connectivity index (χ1n) is 8.15. The molecule has 5 nitrogen and oxygen atoms in total. The summed E-state index contributed by atoms with van der Waals surface area (Å²) in [6, 6.07) is 11.3. The molecule has 8 heteroatoms. The molecule has 2 aromatic carbocycles. The lowest BCUT2D eigenvalue weighted by Gasteiger charge is -2.11. The Morgan fingerprint density at radius 3 is 2.48 bits per heavy atom. The maximum atomic E-state index is 13.7. The van der Waals surface area contributed by atoms with Crippen LogP contribution in [0.4, 0.5) is 8.78 Å². The number of benzene rings is 2. The standard InChI is InChI=1S/C19H16F2N2O3S/c1-11(25-16-6-4-3-5-15(16)21)18-22-23-19(26-18)27-12(2)17(24)13-7-9-14(20)10-8-13/h3-12H,1-2H3/t11-,12-/m1/s1. The lowest BCUT2D eigenvalue weighted by atomic mass is 10.1. The average molecular weight is 390 g/mol. The fraction of sp³-hybridized carbons (Fsp3) is 0.211. The van der Waals surface area contributed by atoms with Gasteiger partial charge >= 0.3 is 0 Å². The van der Waals surface area contributed by atoms with Crippen molar-refractivity contribution in [3.63, 3.8) is 0 Å². The lowest BCUT2D eigenvalue weighted by Crippen LogP contribution is -2.13. The highest BCUT2D eigenvalue weighted by molar-refractivity contribution is 8.00. The van der Waals surface area contributed by atoms with Gasteiger partial charge in [-0.05, 0) is 50.2 Å². The van der Waals surface area contributed by atoms with Gasteiger partial charge in [-0.2, -0.15) is 0 Å². The van der Waals surface area contributed by atoms with Crippen LogP contribution >= 0.6 is 11.8 Å². The number of aromatic nitrogens is 2. The molecule has 0 saturated carbocycles. The first kappa shape index (κ1) is 19.0. The summed E-state index contributed by atoms with van der Waals surface area (Å²) in [7, 11) is 0. The Balaban J connectivity index is 1.64. The zero-order valence-electron chi connectivity index (χ0n) is 14.6. The van der Waals surface area contributed by atoms with E-state index in [1.165, 1.54) is 36.4 Å². The van der Waals surface area contributed by atoms with Crippen LogP contribution in [-0.4, -0.2) is 21.2 Å². The predicted molar refractivity (Wildman–Crippen MR) is 95.8 cm³/mol. The van der Waals surface area contributed by atoms with Gasteiger partial charge in [-0.15, -0.1) is 10.2 Å². The molecule has 0 aliphatic carbocycles. The molecular weight excluding hydrogens is 374 g/mol. The van der Waals surface area contributed by atoms with E-state index in [1.54, 1.807) is 26.0 Å². The lowest BCUT2D eigenvalue weighted by molar-refractivity contribution is 0.0993. The zero-order valence-corrected chi connectivity index (χ0v) is 15.4. The molecule has 0 bridgehead atoms. The van der Waals surface area contributed by atoms with Gasteiger partial charge in [-0.25, -0.2) is 8.78 Å². The second-order valence-electron chi connectivity index (χ2n) is 5.73. The molecule has 2 atom stereocenters. The summed E-state index contributed by atoms with van der Waals surface area (Å²) in [5, 5.41) is 7.47. The summed E-state index contributed by atoms with van der Waals surface area (Å²) in [5.74, 6) is -0.830. The van der Waals surface area contributed by atoms with E-state index in [4.69, 9.17) is 9.15 Å². The fourth-order valence-electron chi connectivity index (χ4n) is 2.27. The van der Waals surface area contributed by atoms with Crippen molar-refractivity contribution >= 4 is 17.5 Å². The minimum absolute atomic E-state index is 0.0808. The largest absolute Gasteiger partial charge is 0.478 e. The normalized spacial score (nSPS) is 13.2. The van der Waals surface area contributed by atoms with Crippen molar-refractivity contribution in [2.75, 3.05) is 0 Å². The van der Waals surface area contributed by atoms with E-state index in [0.29, 0.717) is 5.56 Å². The molecule has 0 radical (unpaired) electrons. The van der Waals surface area contributed by atoms with Crippen LogP contribution in [-0.2, 0) is 0 Å². The quantitative estimate of drug-likeness (QED) is 0.424. The molecule has 0 unspecified atom stereocenters. The van der Waals surface area contributed by atoms with Gasteiger partial charge in [0, 0.05) is 5.56 Å². The Morgan fingerprint density at radius 1 is 1.07 bits per heavy atom. The number of carbonyl (C=O) groups is 1. The highest BCUT2D eigenvalue weighted by atomic mass is 32.2. The van der Waals surface area contributed by atoms with Crippen LogP contribution in [0.1, 0.15) is 36.2 Å². The van der Waals surface area contributed by atoms with Gasteiger partial charge in [-0.1, -0.05) is 23.9 Å². The van der Waals surface area contributed by atoms with Gasteiger partial charge < -0.3 is 9.15 Å². The van der Waals surface area contributed by atoms with Crippen molar-refractivity contribution in [1.29, 1.82) is 0 Å². The average Bonchev–Trinajstić information content (AvgIpc) is 3.12. The van der Waals surface area contributed by atoms with Crippen molar-refractivity contribution in [3.05, 3.63) is 71.6 Å². The third-order valence-electron chi connectivity index (χ3n) is 3.69. The number of rotatable bonds is 7. The molecule has 0 fully saturated rings. The second kappa shape index (κ2) is 8.30. The molecular formula is C19H16F2N2O3S. The second-order valence-corrected chi connectivity index (χ2v) is 7.02. The molecule has 1 heterocycles. The summed E-state index contributed by atoms with van der Waals surface area (Å²) in [6.07, 6.45) is -0.660. The summed E-state index contributed by atoms with van der Waals surface area (Å²) in [4.78, 5) is 12.4. The number of para-hydroxylation sites is 1. The van der Waals surface area contributed by atoms with Gasteiger partial charge in [-0.3, -0.25) is 4.79 Å². The number of hydrogen-bond donors (Lipinski definition) is 0. The SMILES string of the molecule is C[C@@H](Sc1nnc([C@@H](C)Oc2ccccc2F)o1)C(=O)c1ccc(F)cc1. The van der Waals surface area contributed by atoms with Gasteiger partial charge in [0.1, 0.15) is 5.82 Å². The summed E-state index contributed by atoms with van der Waals surface area (Å²) < 4.78 is 37.6. The molecule has 0 saturated heterocycles. The third kappa shape index (κ3) is 4.71. The Kier molecular flexibility index (Phi) is 5.85. The van der Waals surface area contributed by atoms with E-state index in [9.17, 15) is 13.6 Å². The van der Waals surface area contributed by atoms with Crippen LogP contribution in [0.5, 0.6) is 5.75 Å². The van der Waals surface area contributed by atoms with Crippen LogP contribution in [0.15, 0.2) is 58.2 Å². The van der Waals surface area contributed by atoms with E-state index in [0.717, 1.165) is 11.8 Å². The van der Waals surface area contributed by atoms with Crippen molar-refractivity contribution in [3.8, 4) is 5.75 Å². The van der Waals surface area contributed by atoms with Crippen molar-refractivity contribution in [2.45, 2.75) is 30.4 Å². The van der Waals surface area contributed by atoms with Crippen molar-refractivity contribution in [2.24, 2.45) is 0 Å². The van der Waals surface area contributed by atoms with E-state index >= 15 is 0 Å². The van der Waals surface area contributed by atoms with Crippen LogP contribution in [0, 0.1) is 11.6 Å². The number of Topliss-reactive ketones (excluding diaryl/α,β-unsaturated/α-hetero) is 1. The molecule has 0 N–H and O–H groups in total. The monoisotopic (exact) mass is 390 g/mol. The highest BCUT2D eigenvalue weighted by Crippen LogP contribution is 2.28. The number of hydrogen-bond acceptors (Lipinski definition) is 6. The topological polar surface area (TPSA) is 65.2 Å². The molecule has 0 amide bonds. The summed E-state index contributed by atoms with van der Waals surface area (Å²) in [5.41, 5.74) is 0.396. The van der Waals surface area contributed by atoms with Crippen molar-refractivity contribution < 1.29 is 22.7 Å². The minimum Gasteiger partial charge on any atom is -0.478 e. The van der Waals surface area contributed by atoms with Gasteiger partial charge in [0.25, 0.3) is 11.1 Å². The van der Waals surface area contributed by atoms with Crippen LogP contribution in [0.2, 0.25) is 0 Å². The molecule has 1 aromatic heterocycles. The van der Waals surface area contributed by atoms with E-state index < -0.39 is 23.0 Å². The summed E-state index contributed by atoms with van der Waals surface area (Å²) >= 11 is 1.09. The first-order chi connectivity index (χ1) is 12.9. The minimum atomic E-state index is -0.660. The molecule has 3 aromatic rings. The Hall–Kier alpha value is -2.74. The zero-order chi connectivity index (χ0) is 19.4. The van der Waals surface area contributed by atoms with Gasteiger partial charge in [0.2, 0.25) is 0 Å². The summed E-state index contributed by atoms with van der Waals surface area (Å²) in [6.45, 7) is 3.35. The Labute approximate surface area is 158 Å². The molecule has 27 heavy (non-hydrogen) atoms. The molecule has 3 rings (SSSR count). The predicted octanol–water partition coefficient (Wildman–Crippen LogP) is 4.85. The number of nitrogens with zero attached hydrogens (tertiary/aromatic N) is 2. The highest BCUT2D eigenvalue weighted by Gasteiger charge is 2.22.